The van der Waals surface area contributed by atoms with Gasteiger partial charge in [0.25, 0.3) is 17.9 Å². The van der Waals surface area contributed by atoms with E-state index in [0.717, 1.165) is 79.9 Å². The summed E-state index contributed by atoms with van der Waals surface area (Å²) in [6.45, 7) is 44.4. The Balaban J connectivity index is -0.000000294. The third-order valence-electron chi connectivity index (χ3n) is 15.4. The molecule has 0 bridgehead atoms. The fraction of sp³-hybridized carbons (Fsp3) is 0.476. The maximum Gasteiger partial charge on any atom is 0.450 e. The van der Waals surface area contributed by atoms with E-state index in [1.165, 1.54) is 66.8 Å². The fourth-order valence-electron chi connectivity index (χ4n) is 10.1. The van der Waals surface area contributed by atoms with E-state index in [-0.39, 0.29) is 114 Å². The molecule has 0 saturated heterocycles. The summed E-state index contributed by atoms with van der Waals surface area (Å²) in [5, 5.41) is 38.5. The van der Waals surface area contributed by atoms with Crippen LogP contribution in [-0.4, -0.2) is 105 Å². The first-order valence-corrected chi connectivity index (χ1v) is 34.0. The van der Waals surface area contributed by atoms with E-state index in [0.29, 0.717) is 53.3 Å². The summed E-state index contributed by atoms with van der Waals surface area (Å²) in [6.07, 6.45) is -21.4. The molecule has 606 valence electrons. The molecule has 2 radical (unpaired) electrons. The molecule has 6 rings (SSSR count). The molecular formula is C84H115Eu2F9O13. The number of aliphatic carboxylic acids is 3. The Bertz CT molecular complexity index is 3300. The summed E-state index contributed by atoms with van der Waals surface area (Å²) in [6, 6.07) is 37.8. The van der Waals surface area contributed by atoms with Crippen molar-refractivity contribution in [3.8, 4) is 33.4 Å². The van der Waals surface area contributed by atoms with Gasteiger partial charge in [-0.05, 0) is 144 Å². The van der Waals surface area contributed by atoms with Crippen LogP contribution in [0.2, 0.25) is 0 Å². The Kier molecular flexibility index (Phi) is 57.0. The summed E-state index contributed by atoms with van der Waals surface area (Å²) >= 11 is 0. The van der Waals surface area contributed by atoms with Gasteiger partial charge in [-0.3, -0.25) is 38.4 Å². The number of benzene rings is 6. The van der Waals surface area contributed by atoms with E-state index >= 15 is 0 Å². The number of Topliss-reactive ketones (excluding diaryl/α,β-unsaturated/α-hetero) is 2. The molecule has 24 heteroatoms. The zero-order valence-electron chi connectivity index (χ0n) is 64.5. The van der Waals surface area contributed by atoms with Crippen LogP contribution in [0.1, 0.15) is 314 Å². The van der Waals surface area contributed by atoms with Gasteiger partial charge >= 0.3 is 18.5 Å². The molecule has 0 amide bonds. The van der Waals surface area contributed by atoms with Crippen molar-refractivity contribution in [3.63, 3.8) is 0 Å². The predicted molar refractivity (Wildman–Crippen MR) is 407 cm³/mol. The summed E-state index contributed by atoms with van der Waals surface area (Å²) in [5.41, 5.74) is 21.4. The van der Waals surface area contributed by atoms with E-state index in [1.807, 2.05) is 54.6 Å². The van der Waals surface area contributed by atoms with E-state index in [2.05, 4.69) is 179 Å². The first kappa shape index (κ1) is 113. The number of hydrogen-bond donors (Lipinski definition) is 5. The summed E-state index contributed by atoms with van der Waals surface area (Å²) in [7, 11) is 0. The molecule has 2 atom stereocenters. The standard InChI is InChI=1S/3C22H28O.C5H6F6O2.C5H5F3O2.3C2H4O2.2CH4.2Eu/c3*1-14(2)18-11-20(15(3)4)22(21(12-18)16(5)6)19-10-8-7-9-17(19)13-23;6-4(7,8)2(12)1-3(13)5(9,10)11;1-3(9)2-4(10)5(6,7)8;3*1-2(3)4;;;;/h3*7-16H,1-6H3;2-3,12-13H,1H2;2H2,1H3;3*1H3,(H,3,4);2*1H4;;. The molecule has 0 heterocycles. The minimum absolute atomic E-state index is 0. The van der Waals surface area contributed by atoms with Crippen LogP contribution >= 0.6 is 0 Å². The number of alkyl halides is 9. The summed E-state index contributed by atoms with van der Waals surface area (Å²) in [4.78, 5) is 81.5. The van der Waals surface area contributed by atoms with Crippen molar-refractivity contribution in [1.29, 1.82) is 0 Å². The molecule has 0 saturated carbocycles. The van der Waals surface area contributed by atoms with Crippen LogP contribution < -0.4 is 0 Å². The van der Waals surface area contributed by atoms with E-state index in [1.54, 1.807) is 0 Å². The summed E-state index contributed by atoms with van der Waals surface area (Å²) < 4.78 is 103. The molecule has 0 spiro atoms. The van der Waals surface area contributed by atoms with Crippen molar-refractivity contribution in [2.45, 2.75) is 264 Å². The van der Waals surface area contributed by atoms with Gasteiger partial charge in [0.1, 0.15) is 5.78 Å². The topological polar surface area (TPSA) is 238 Å². The Hall–Kier alpha value is -5.46. The zero-order chi connectivity index (χ0) is 81.4. The number of aliphatic hydroxyl groups excluding tert-OH is 2. The van der Waals surface area contributed by atoms with Crippen molar-refractivity contribution in [2.24, 2.45) is 0 Å². The van der Waals surface area contributed by atoms with Gasteiger partial charge in [-0.1, -0.05) is 249 Å². The van der Waals surface area contributed by atoms with Crippen LogP contribution in [0.25, 0.3) is 33.4 Å². The Morgan fingerprint density at radius 3 is 0.648 bits per heavy atom. The van der Waals surface area contributed by atoms with Crippen LogP contribution in [0.5, 0.6) is 0 Å². The number of carbonyl (C=O) groups excluding carboxylic acids is 5. The number of halogens is 9. The smallest absolute Gasteiger partial charge is 0.450 e. The molecule has 13 nitrogen and oxygen atoms in total. The number of carboxylic acids is 3. The third kappa shape index (κ3) is 41.2. The van der Waals surface area contributed by atoms with Gasteiger partial charge in [0.05, 0.1) is 6.42 Å². The number of aliphatic hydroxyl groups is 2. The van der Waals surface area contributed by atoms with Gasteiger partial charge in [-0.25, -0.2) is 0 Å². The average Bonchev–Trinajstić information content (AvgIpc) is 0.788. The van der Waals surface area contributed by atoms with Gasteiger partial charge in [0.15, 0.2) is 31.1 Å². The SMILES string of the molecule is C.C.CC(=O)CC(=O)C(F)(F)F.CC(=O)O.CC(=O)O.CC(=O)O.CC(C)c1cc(C(C)C)c(-c2ccccc2C=O)c(C(C)C)c1.CC(C)c1cc(C(C)C)c(-c2ccccc2C=O)c(C(C)C)c1.CC(C)c1cc(C(C)C)c(-c2ccccc2C=O)c(C(C)C)c1.OC(CC(O)C(F)(F)F)C(F)(F)F.[Eu].[Eu]. The third-order valence-corrected chi connectivity index (χ3v) is 15.4. The maximum absolute atomic E-state index is 11.5. The Labute approximate surface area is 716 Å². The molecule has 5 N–H and O–H groups in total. The van der Waals surface area contributed by atoms with Crippen molar-refractivity contribution < 1.29 is 202 Å². The van der Waals surface area contributed by atoms with Crippen molar-refractivity contribution in [1.82, 2.24) is 0 Å². The number of carboxylic acid groups (broad SMARTS) is 3. The fourth-order valence-corrected chi connectivity index (χ4v) is 10.1. The predicted octanol–water partition coefficient (Wildman–Crippen LogP) is 23.5. The number of aldehydes is 3. The van der Waals surface area contributed by atoms with Crippen LogP contribution in [0.3, 0.4) is 0 Å². The number of rotatable bonds is 19. The minimum atomic E-state index is -5.15. The maximum atomic E-state index is 11.5. The molecule has 0 fully saturated rings. The van der Waals surface area contributed by atoms with Crippen molar-refractivity contribution in [3.05, 3.63) is 176 Å². The van der Waals surface area contributed by atoms with Crippen LogP contribution in [0.4, 0.5) is 39.5 Å². The molecule has 108 heavy (non-hydrogen) atoms. The molecule has 0 aliphatic rings. The molecule has 2 unspecified atom stereocenters. The second kappa shape index (κ2) is 54.3. The van der Waals surface area contributed by atoms with Crippen molar-refractivity contribution >= 4 is 48.3 Å². The zero-order valence-corrected chi connectivity index (χ0v) is 69.4. The first-order chi connectivity index (χ1) is 47.7. The second-order valence-corrected chi connectivity index (χ2v) is 27.4. The van der Waals surface area contributed by atoms with E-state index in [4.69, 9.17) is 39.9 Å². The van der Waals surface area contributed by atoms with Gasteiger partial charge in [0, 0.05) is 143 Å². The Morgan fingerprint density at radius 1 is 0.352 bits per heavy atom. The molecule has 6 aromatic rings. The quantitative estimate of drug-likeness (QED) is 0.0289. The normalized spacial score (nSPS) is 11.3. The summed E-state index contributed by atoms with van der Waals surface area (Å²) in [5.74, 6) is -1.26. The van der Waals surface area contributed by atoms with Crippen LogP contribution in [0.15, 0.2) is 109 Å². The second-order valence-electron chi connectivity index (χ2n) is 27.4. The molecule has 0 aliphatic carbocycles. The van der Waals surface area contributed by atoms with E-state index < -0.39 is 73.1 Å². The first-order valence-electron chi connectivity index (χ1n) is 34.0. The monoisotopic (exact) mass is 1810 g/mol. The van der Waals surface area contributed by atoms with Crippen molar-refractivity contribution in [2.75, 3.05) is 0 Å². The van der Waals surface area contributed by atoms with Gasteiger partial charge in [-0.2, -0.15) is 39.5 Å². The van der Waals surface area contributed by atoms with Crippen LogP contribution in [0, 0.1) is 98.8 Å². The molecule has 0 aromatic heterocycles. The number of hydrogen-bond acceptors (Lipinski definition) is 10. The minimum Gasteiger partial charge on any atom is -0.481 e. The average molecular weight is 1810 g/mol. The van der Waals surface area contributed by atoms with E-state index in [9.17, 15) is 63.5 Å². The molecule has 6 aromatic carbocycles. The number of carbonyl (C=O) groups is 8. The van der Waals surface area contributed by atoms with Gasteiger partial charge < -0.3 is 25.5 Å². The molecule has 0 aliphatic heterocycles. The molecular weight excluding hydrogens is 1690 g/mol. The van der Waals surface area contributed by atoms with Crippen LogP contribution in [-0.2, 0) is 24.0 Å². The number of ketones is 2. The largest absolute Gasteiger partial charge is 0.481 e. The van der Waals surface area contributed by atoms with Gasteiger partial charge in [-0.15, -0.1) is 0 Å². The van der Waals surface area contributed by atoms with Gasteiger partial charge in [0.2, 0.25) is 5.78 Å². The Morgan fingerprint density at radius 2 is 0.528 bits per heavy atom.